The van der Waals surface area contributed by atoms with Gasteiger partial charge in [-0.05, 0) is 43.4 Å². The van der Waals surface area contributed by atoms with E-state index in [-0.39, 0.29) is 24.3 Å². The predicted octanol–water partition coefficient (Wildman–Crippen LogP) is 5.87. The lowest BCUT2D eigenvalue weighted by atomic mass is 9.70. The molecule has 0 spiro atoms. The zero-order valence-corrected chi connectivity index (χ0v) is 19.3. The summed E-state index contributed by atoms with van der Waals surface area (Å²) in [6.07, 6.45) is 3.83. The molecule has 2 aliphatic heterocycles. The summed E-state index contributed by atoms with van der Waals surface area (Å²) in [5.41, 5.74) is 4.58. The summed E-state index contributed by atoms with van der Waals surface area (Å²) in [5.74, 6) is -0.267. The van der Waals surface area contributed by atoms with Gasteiger partial charge in [-0.2, -0.15) is 0 Å². The van der Waals surface area contributed by atoms with Gasteiger partial charge in [0, 0.05) is 35.2 Å². The fraction of sp³-hybridized carbons (Fsp3) is 0.321. The number of aromatic nitrogens is 1. The Labute approximate surface area is 199 Å². The first-order chi connectivity index (χ1) is 16.6. The van der Waals surface area contributed by atoms with Crippen molar-refractivity contribution >= 4 is 24.0 Å². The van der Waals surface area contributed by atoms with Crippen LogP contribution in [0, 0.1) is 0 Å². The van der Waals surface area contributed by atoms with Crippen LogP contribution in [-0.2, 0) is 28.1 Å². The number of imide groups is 1. The molecule has 5 rings (SSSR count). The van der Waals surface area contributed by atoms with Crippen molar-refractivity contribution in [3.63, 3.8) is 0 Å². The minimum atomic E-state index is -0.684. The lowest BCUT2D eigenvalue weighted by molar-refractivity contribution is -0.118. The van der Waals surface area contributed by atoms with Crippen LogP contribution in [0.25, 0.3) is 11.1 Å². The molecule has 0 radical (unpaired) electrons. The molecule has 6 heteroatoms. The molecule has 2 aromatic carbocycles. The molecule has 0 fully saturated rings. The Morgan fingerprint density at radius 3 is 2.59 bits per heavy atom. The highest BCUT2D eigenvalue weighted by molar-refractivity contribution is 6.15. The number of rotatable bonds is 4. The molecule has 6 nitrogen and oxygen atoms in total. The zero-order valence-electron chi connectivity index (χ0n) is 19.3. The SMILES string of the molecule is CC[C@]12CCCn3c(C=O)cc(c31)-c1ccccc1N(C(=O)OCc1ccccc1)C(=O)CC2. The monoisotopic (exact) mass is 456 g/mol. The van der Waals surface area contributed by atoms with Gasteiger partial charge in [-0.1, -0.05) is 55.5 Å². The number of carbonyl (C=O) groups is 3. The topological polar surface area (TPSA) is 68.6 Å². The molecule has 0 saturated heterocycles. The lowest BCUT2D eigenvalue weighted by Gasteiger charge is -2.39. The van der Waals surface area contributed by atoms with Gasteiger partial charge in [-0.25, -0.2) is 9.69 Å². The highest BCUT2D eigenvalue weighted by atomic mass is 16.6. The van der Waals surface area contributed by atoms with Crippen LogP contribution in [-0.4, -0.2) is 22.9 Å². The molecule has 0 unspecified atom stereocenters. The molecule has 0 aliphatic carbocycles. The first kappa shape index (κ1) is 22.1. The largest absolute Gasteiger partial charge is 0.444 e. The van der Waals surface area contributed by atoms with Crippen molar-refractivity contribution in [2.24, 2.45) is 0 Å². The number of anilines is 1. The van der Waals surface area contributed by atoms with Gasteiger partial charge in [0.05, 0.1) is 11.4 Å². The fourth-order valence-corrected chi connectivity index (χ4v) is 5.62. The van der Waals surface area contributed by atoms with E-state index in [0.717, 1.165) is 54.5 Å². The summed E-state index contributed by atoms with van der Waals surface area (Å²) in [4.78, 5) is 40.0. The van der Waals surface area contributed by atoms with E-state index in [9.17, 15) is 14.4 Å². The number of hydrogen-bond donors (Lipinski definition) is 0. The van der Waals surface area contributed by atoms with Gasteiger partial charge in [0.25, 0.3) is 0 Å². The Morgan fingerprint density at radius 1 is 1.06 bits per heavy atom. The fourth-order valence-electron chi connectivity index (χ4n) is 5.62. The van der Waals surface area contributed by atoms with Gasteiger partial charge in [0.2, 0.25) is 5.91 Å². The van der Waals surface area contributed by atoms with Gasteiger partial charge in [0.15, 0.2) is 6.29 Å². The molecule has 0 saturated carbocycles. The Kier molecular flexibility index (Phi) is 5.82. The van der Waals surface area contributed by atoms with Crippen molar-refractivity contribution < 1.29 is 19.1 Å². The summed E-state index contributed by atoms with van der Waals surface area (Å²) in [5, 5.41) is 0. The minimum Gasteiger partial charge on any atom is -0.444 e. The van der Waals surface area contributed by atoms with E-state index in [2.05, 4.69) is 11.5 Å². The van der Waals surface area contributed by atoms with E-state index in [4.69, 9.17) is 4.74 Å². The molecule has 1 aromatic heterocycles. The maximum absolute atomic E-state index is 13.5. The number of aldehydes is 1. The van der Waals surface area contributed by atoms with Crippen LogP contribution < -0.4 is 4.90 Å². The number of ether oxygens (including phenoxy) is 1. The van der Waals surface area contributed by atoms with Crippen molar-refractivity contribution in [3.8, 4) is 11.1 Å². The van der Waals surface area contributed by atoms with Crippen molar-refractivity contribution in [1.29, 1.82) is 0 Å². The van der Waals surface area contributed by atoms with Gasteiger partial charge in [-0.3, -0.25) is 9.59 Å². The first-order valence-electron chi connectivity index (χ1n) is 11.9. The van der Waals surface area contributed by atoms with Gasteiger partial charge in [0.1, 0.15) is 6.61 Å². The number of para-hydroxylation sites is 1. The smallest absolute Gasteiger partial charge is 0.421 e. The number of nitrogens with zero attached hydrogens (tertiary/aromatic N) is 2. The molecule has 0 N–H and O–H groups in total. The summed E-state index contributed by atoms with van der Waals surface area (Å²) < 4.78 is 7.72. The van der Waals surface area contributed by atoms with E-state index in [1.165, 1.54) is 4.90 Å². The minimum absolute atomic E-state index is 0.0848. The molecule has 0 bridgehead atoms. The van der Waals surface area contributed by atoms with Crippen LogP contribution >= 0.6 is 0 Å². The second-order valence-corrected chi connectivity index (χ2v) is 9.12. The van der Waals surface area contributed by atoms with E-state index in [0.29, 0.717) is 17.8 Å². The Bertz CT molecular complexity index is 1250. The normalized spacial score (nSPS) is 19.3. The van der Waals surface area contributed by atoms with Crippen LogP contribution in [0.15, 0.2) is 60.7 Å². The highest BCUT2D eigenvalue weighted by Gasteiger charge is 2.42. The van der Waals surface area contributed by atoms with Crippen molar-refractivity contribution in [1.82, 2.24) is 4.57 Å². The molecule has 2 amide bonds. The third-order valence-corrected chi connectivity index (χ3v) is 7.36. The number of hydrogen-bond acceptors (Lipinski definition) is 4. The van der Waals surface area contributed by atoms with Crippen LogP contribution in [0.5, 0.6) is 0 Å². The number of fused-ring (bicyclic) bond motifs is 2. The third-order valence-electron chi connectivity index (χ3n) is 7.36. The molecular formula is C28H28N2O4. The Hall–Kier alpha value is -3.67. The summed E-state index contributed by atoms with van der Waals surface area (Å²) >= 11 is 0. The van der Waals surface area contributed by atoms with Crippen LogP contribution in [0.4, 0.5) is 10.5 Å². The van der Waals surface area contributed by atoms with Crippen LogP contribution in [0.3, 0.4) is 0 Å². The summed E-state index contributed by atoms with van der Waals surface area (Å²) in [6.45, 7) is 3.01. The summed E-state index contributed by atoms with van der Waals surface area (Å²) in [6, 6.07) is 18.8. The third kappa shape index (κ3) is 3.63. The van der Waals surface area contributed by atoms with E-state index in [1.807, 2.05) is 54.6 Å². The molecule has 2 aliphatic rings. The lowest BCUT2D eigenvalue weighted by Crippen LogP contribution is -2.39. The number of benzene rings is 2. The Balaban J connectivity index is 1.63. The Morgan fingerprint density at radius 2 is 1.82 bits per heavy atom. The quantitative estimate of drug-likeness (QED) is 0.460. The van der Waals surface area contributed by atoms with E-state index in [1.54, 1.807) is 6.07 Å². The second-order valence-electron chi connectivity index (χ2n) is 9.12. The van der Waals surface area contributed by atoms with Crippen LogP contribution in [0.2, 0.25) is 0 Å². The molecule has 1 atom stereocenters. The summed E-state index contributed by atoms with van der Waals surface area (Å²) in [7, 11) is 0. The molecule has 3 aromatic rings. The molecule has 3 heterocycles. The standard InChI is InChI=1S/C28H28N2O4/c1-2-28-14-8-16-29-21(18-31)17-23(26(28)29)22-11-6-7-12-24(22)30(25(32)13-15-28)27(33)34-19-20-9-4-3-5-10-20/h3-7,9-12,17-18H,2,8,13-16,19H2,1H3/t28-/m1/s1. The van der Waals surface area contributed by atoms with E-state index < -0.39 is 6.09 Å². The predicted molar refractivity (Wildman–Crippen MR) is 130 cm³/mol. The van der Waals surface area contributed by atoms with Gasteiger partial charge >= 0.3 is 6.09 Å². The van der Waals surface area contributed by atoms with Crippen molar-refractivity contribution in [2.45, 2.75) is 57.6 Å². The van der Waals surface area contributed by atoms with Gasteiger partial charge in [-0.15, -0.1) is 0 Å². The second kappa shape index (κ2) is 8.93. The maximum atomic E-state index is 13.5. The highest BCUT2D eigenvalue weighted by Crippen LogP contribution is 2.49. The number of carbonyl (C=O) groups excluding carboxylic acids is 3. The average molecular weight is 457 g/mol. The average Bonchev–Trinajstić information content (AvgIpc) is 3.28. The number of amides is 2. The zero-order chi connectivity index (χ0) is 23.7. The van der Waals surface area contributed by atoms with E-state index >= 15 is 0 Å². The van der Waals surface area contributed by atoms with Crippen molar-refractivity contribution in [2.75, 3.05) is 4.90 Å². The molecule has 174 valence electrons. The molecule has 34 heavy (non-hydrogen) atoms. The molecular weight excluding hydrogens is 428 g/mol. The van der Waals surface area contributed by atoms with Gasteiger partial charge < -0.3 is 9.30 Å². The van der Waals surface area contributed by atoms with Crippen molar-refractivity contribution in [3.05, 3.63) is 77.6 Å². The maximum Gasteiger partial charge on any atom is 0.421 e. The first-order valence-corrected chi connectivity index (χ1v) is 11.9. The van der Waals surface area contributed by atoms with Crippen LogP contribution in [0.1, 0.15) is 60.8 Å².